The lowest BCUT2D eigenvalue weighted by Crippen LogP contribution is -2.38. The zero-order valence-electron chi connectivity index (χ0n) is 17.3. The highest BCUT2D eigenvalue weighted by molar-refractivity contribution is 7.80. The van der Waals surface area contributed by atoms with Gasteiger partial charge in [0.25, 0.3) is 0 Å². The molecule has 0 bridgehead atoms. The van der Waals surface area contributed by atoms with Gasteiger partial charge >= 0.3 is 5.97 Å². The molecular formula is C22H29N3O3S2. The van der Waals surface area contributed by atoms with E-state index in [0.717, 1.165) is 62.1 Å². The first-order valence-corrected chi connectivity index (χ1v) is 11.6. The van der Waals surface area contributed by atoms with Crippen LogP contribution in [-0.4, -0.2) is 62.0 Å². The van der Waals surface area contributed by atoms with Crippen LogP contribution in [0.4, 0.5) is 5.00 Å². The molecule has 2 heterocycles. The number of morpholine rings is 1. The summed E-state index contributed by atoms with van der Waals surface area (Å²) in [5.74, 6) is -0.328. The molecule has 30 heavy (non-hydrogen) atoms. The fourth-order valence-electron chi connectivity index (χ4n) is 3.26. The Labute approximate surface area is 187 Å². The largest absolute Gasteiger partial charge is 0.462 e. The van der Waals surface area contributed by atoms with E-state index in [-0.39, 0.29) is 5.97 Å². The molecule has 0 saturated carbocycles. The van der Waals surface area contributed by atoms with Crippen LogP contribution in [-0.2, 0) is 15.9 Å². The summed E-state index contributed by atoms with van der Waals surface area (Å²) in [5.41, 5.74) is 1.73. The average molecular weight is 448 g/mol. The van der Waals surface area contributed by atoms with Gasteiger partial charge in [-0.25, -0.2) is 4.79 Å². The number of hydrogen-bond donors (Lipinski definition) is 2. The van der Waals surface area contributed by atoms with Gasteiger partial charge in [0.15, 0.2) is 5.11 Å². The summed E-state index contributed by atoms with van der Waals surface area (Å²) in [7, 11) is 0. The zero-order chi connectivity index (χ0) is 21.2. The van der Waals surface area contributed by atoms with E-state index in [4.69, 9.17) is 21.7 Å². The van der Waals surface area contributed by atoms with E-state index in [2.05, 4.69) is 27.7 Å². The highest BCUT2D eigenvalue weighted by Crippen LogP contribution is 2.30. The number of benzene rings is 1. The maximum atomic E-state index is 12.4. The molecule has 3 rings (SSSR count). The molecule has 8 heteroatoms. The number of hydrogen-bond acceptors (Lipinski definition) is 6. The van der Waals surface area contributed by atoms with Crippen LogP contribution in [0.2, 0.25) is 0 Å². The molecule has 1 aliphatic heterocycles. The van der Waals surface area contributed by atoms with Crippen molar-refractivity contribution in [1.82, 2.24) is 10.2 Å². The van der Waals surface area contributed by atoms with Crippen LogP contribution in [0.25, 0.3) is 0 Å². The molecule has 0 radical (unpaired) electrons. The second-order valence-corrected chi connectivity index (χ2v) is 8.57. The van der Waals surface area contributed by atoms with Crippen LogP contribution in [0.3, 0.4) is 0 Å². The quantitative estimate of drug-likeness (QED) is 0.346. The van der Waals surface area contributed by atoms with Crippen LogP contribution in [0.1, 0.15) is 34.1 Å². The first-order chi connectivity index (χ1) is 14.7. The standard InChI is InChI=1S/C22H29N3O3S2/c1-2-28-21(26)19-16-18(15-17-7-4-3-5-8-17)30-20(19)24-22(29)23-9-6-10-25-11-13-27-14-12-25/h3-5,7-8,16H,2,6,9-15H2,1H3,(H2,23,24,29). The van der Waals surface area contributed by atoms with Crippen molar-refractivity contribution in [2.24, 2.45) is 0 Å². The van der Waals surface area contributed by atoms with Crippen molar-refractivity contribution in [2.75, 3.05) is 51.3 Å². The third-order valence-electron chi connectivity index (χ3n) is 4.77. The highest BCUT2D eigenvalue weighted by atomic mass is 32.1. The number of carbonyl (C=O) groups is 1. The van der Waals surface area contributed by atoms with E-state index in [1.807, 2.05) is 31.2 Å². The molecule has 0 amide bonds. The predicted octanol–water partition coefficient (Wildman–Crippen LogP) is 3.52. The van der Waals surface area contributed by atoms with Gasteiger partial charge in [0.1, 0.15) is 5.00 Å². The molecule has 2 N–H and O–H groups in total. The van der Waals surface area contributed by atoms with Crippen molar-refractivity contribution >= 4 is 39.6 Å². The minimum Gasteiger partial charge on any atom is -0.462 e. The Balaban J connectivity index is 1.55. The minimum absolute atomic E-state index is 0.328. The van der Waals surface area contributed by atoms with Crippen LogP contribution in [0.5, 0.6) is 0 Å². The molecule has 1 saturated heterocycles. The maximum Gasteiger partial charge on any atom is 0.341 e. The lowest BCUT2D eigenvalue weighted by molar-refractivity contribution is 0.0376. The number of rotatable bonds is 9. The Morgan fingerprint density at radius 3 is 2.77 bits per heavy atom. The van der Waals surface area contributed by atoms with E-state index >= 15 is 0 Å². The summed E-state index contributed by atoms with van der Waals surface area (Å²) in [6, 6.07) is 12.1. The SMILES string of the molecule is CCOC(=O)c1cc(Cc2ccccc2)sc1NC(=S)NCCCN1CCOCC1. The Hall–Kier alpha value is -2.00. The number of esters is 1. The number of nitrogens with one attached hydrogen (secondary N) is 2. The van der Waals surface area contributed by atoms with Gasteiger partial charge in [-0.1, -0.05) is 30.3 Å². The molecule has 1 aromatic carbocycles. The highest BCUT2D eigenvalue weighted by Gasteiger charge is 2.18. The van der Waals surface area contributed by atoms with Gasteiger partial charge in [0.05, 0.1) is 25.4 Å². The molecule has 0 unspecified atom stereocenters. The smallest absolute Gasteiger partial charge is 0.341 e. The number of carbonyl (C=O) groups excluding carboxylic acids is 1. The van der Waals surface area contributed by atoms with Crippen LogP contribution >= 0.6 is 23.6 Å². The van der Waals surface area contributed by atoms with Crippen molar-refractivity contribution in [2.45, 2.75) is 19.8 Å². The Bertz CT molecular complexity index is 820. The fraction of sp³-hybridized carbons (Fsp3) is 0.455. The first kappa shape index (κ1) is 22.7. The van der Waals surface area contributed by atoms with Crippen LogP contribution in [0.15, 0.2) is 36.4 Å². The zero-order valence-corrected chi connectivity index (χ0v) is 18.9. The Kier molecular flexibility index (Phi) is 9.07. The lowest BCUT2D eigenvalue weighted by Gasteiger charge is -2.26. The summed E-state index contributed by atoms with van der Waals surface area (Å²) >= 11 is 6.99. The molecule has 1 aliphatic rings. The van der Waals surface area contributed by atoms with E-state index in [1.165, 1.54) is 16.9 Å². The van der Waals surface area contributed by atoms with E-state index in [0.29, 0.717) is 17.3 Å². The fourth-order valence-corrected chi connectivity index (χ4v) is 4.61. The van der Waals surface area contributed by atoms with E-state index in [9.17, 15) is 4.79 Å². The normalized spacial score (nSPS) is 14.3. The Morgan fingerprint density at radius 1 is 1.27 bits per heavy atom. The number of ether oxygens (including phenoxy) is 2. The second-order valence-electron chi connectivity index (χ2n) is 7.03. The van der Waals surface area contributed by atoms with E-state index < -0.39 is 0 Å². The molecule has 2 aromatic rings. The average Bonchev–Trinajstić information content (AvgIpc) is 3.15. The van der Waals surface area contributed by atoms with Gasteiger partial charge in [-0.05, 0) is 43.7 Å². The Morgan fingerprint density at radius 2 is 2.03 bits per heavy atom. The van der Waals surface area contributed by atoms with Crippen LogP contribution in [0, 0.1) is 0 Å². The molecule has 0 spiro atoms. The van der Waals surface area contributed by atoms with Crippen molar-refractivity contribution in [3.05, 3.63) is 52.4 Å². The van der Waals surface area contributed by atoms with Crippen molar-refractivity contribution < 1.29 is 14.3 Å². The summed E-state index contributed by atoms with van der Waals surface area (Å²) in [6.07, 6.45) is 1.76. The molecule has 1 aromatic heterocycles. The van der Waals surface area contributed by atoms with Gasteiger partial charge in [-0.3, -0.25) is 4.90 Å². The molecule has 0 aliphatic carbocycles. The van der Waals surface area contributed by atoms with Gasteiger partial charge < -0.3 is 20.1 Å². The van der Waals surface area contributed by atoms with Gasteiger partial charge in [0.2, 0.25) is 0 Å². The van der Waals surface area contributed by atoms with Crippen LogP contribution < -0.4 is 10.6 Å². The molecule has 6 nitrogen and oxygen atoms in total. The number of anilines is 1. The second kappa shape index (κ2) is 12.0. The third-order valence-corrected chi connectivity index (χ3v) is 6.06. The number of thiophene rings is 1. The van der Waals surface area contributed by atoms with Gasteiger partial charge in [-0.15, -0.1) is 11.3 Å². The molecule has 162 valence electrons. The number of nitrogens with zero attached hydrogens (tertiary/aromatic N) is 1. The molecule has 0 atom stereocenters. The summed E-state index contributed by atoms with van der Waals surface area (Å²) in [4.78, 5) is 15.9. The summed E-state index contributed by atoms with van der Waals surface area (Å²) < 4.78 is 10.6. The van der Waals surface area contributed by atoms with Gasteiger partial charge in [0, 0.05) is 30.9 Å². The lowest BCUT2D eigenvalue weighted by atomic mass is 10.1. The third kappa shape index (κ3) is 7.05. The van der Waals surface area contributed by atoms with Crippen molar-refractivity contribution in [3.63, 3.8) is 0 Å². The summed E-state index contributed by atoms with van der Waals surface area (Å²) in [5, 5.41) is 7.69. The molecular weight excluding hydrogens is 418 g/mol. The van der Waals surface area contributed by atoms with Gasteiger partial charge in [-0.2, -0.15) is 0 Å². The molecule has 1 fully saturated rings. The predicted molar refractivity (Wildman–Crippen MR) is 126 cm³/mol. The monoisotopic (exact) mass is 447 g/mol. The summed E-state index contributed by atoms with van der Waals surface area (Å²) in [6.45, 7) is 7.56. The number of thiocarbonyl (C=S) groups is 1. The topological polar surface area (TPSA) is 62.8 Å². The first-order valence-electron chi connectivity index (χ1n) is 10.3. The van der Waals surface area contributed by atoms with Crippen molar-refractivity contribution in [1.29, 1.82) is 0 Å². The van der Waals surface area contributed by atoms with Crippen molar-refractivity contribution in [3.8, 4) is 0 Å². The minimum atomic E-state index is -0.328. The maximum absolute atomic E-state index is 12.4. The van der Waals surface area contributed by atoms with E-state index in [1.54, 1.807) is 0 Å².